The van der Waals surface area contributed by atoms with Crippen molar-refractivity contribution in [3.63, 3.8) is 0 Å². The second-order valence-corrected chi connectivity index (χ2v) is 4.51. The zero-order chi connectivity index (χ0) is 14.5. The minimum atomic E-state index is -0.433. The summed E-state index contributed by atoms with van der Waals surface area (Å²) >= 11 is 5.89. The molecule has 0 amide bonds. The van der Waals surface area contributed by atoms with Gasteiger partial charge >= 0.3 is 5.97 Å². The van der Waals surface area contributed by atoms with Gasteiger partial charge in [-0.25, -0.2) is 4.79 Å². The number of nitrogens with one attached hydrogen (secondary N) is 1. The van der Waals surface area contributed by atoms with Crippen molar-refractivity contribution in [2.45, 2.75) is 13.5 Å². The van der Waals surface area contributed by atoms with Gasteiger partial charge in [-0.2, -0.15) is 5.10 Å². The van der Waals surface area contributed by atoms with Crippen LogP contribution in [0, 0.1) is 0 Å². The molecule has 7 heteroatoms. The first-order valence-corrected chi connectivity index (χ1v) is 6.53. The number of esters is 1. The lowest BCUT2D eigenvalue weighted by atomic mass is 10.3. The van der Waals surface area contributed by atoms with Crippen molar-refractivity contribution in [1.29, 1.82) is 0 Å². The molecule has 0 aromatic carbocycles. The van der Waals surface area contributed by atoms with E-state index in [2.05, 4.69) is 15.4 Å². The number of ether oxygens (including phenoxy) is 1. The predicted molar refractivity (Wildman–Crippen MR) is 75.7 cm³/mol. The number of halogens is 1. The van der Waals surface area contributed by atoms with Crippen molar-refractivity contribution in [3.05, 3.63) is 40.8 Å². The summed E-state index contributed by atoms with van der Waals surface area (Å²) < 4.78 is 6.48. The van der Waals surface area contributed by atoms with Crippen LogP contribution in [-0.2, 0) is 18.3 Å². The molecule has 0 spiro atoms. The largest absolute Gasteiger partial charge is 0.461 e. The highest BCUT2D eigenvalue weighted by Crippen LogP contribution is 2.13. The van der Waals surface area contributed by atoms with Crippen LogP contribution < -0.4 is 5.32 Å². The summed E-state index contributed by atoms with van der Waals surface area (Å²) in [5.74, 6) is 0.270. The van der Waals surface area contributed by atoms with E-state index in [0.29, 0.717) is 24.0 Å². The van der Waals surface area contributed by atoms with E-state index in [1.807, 2.05) is 0 Å². The Labute approximate surface area is 121 Å². The molecule has 2 aromatic heterocycles. The van der Waals surface area contributed by atoms with Crippen molar-refractivity contribution in [2.75, 3.05) is 11.9 Å². The molecule has 0 saturated heterocycles. The summed E-state index contributed by atoms with van der Waals surface area (Å²) in [6, 6.07) is 5.13. The maximum absolute atomic E-state index is 11.6. The van der Waals surface area contributed by atoms with Crippen LogP contribution in [0.2, 0.25) is 5.02 Å². The van der Waals surface area contributed by atoms with E-state index in [9.17, 15) is 4.79 Å². The molecule has 0 fully saturated rings. The maximum Gasteiger partial charge on any atom is 0.358 e. The van der Waals surface area contributed by atoms with E-state index in [1.165, 1.54) is 0 Å². The number of nitrogens with zero attached hydrogens (tertiary/aromatic N) is 3. The summed E-state index contributed by atoms with van der Waals surface area (Å²) in [7, 11) is 1.75. The first kappa shape index (κ1) is 14.3. The molecule has 0 unspecified atom stereocenters. The Hall–Kier alpha value is -2.08. The SMILES string of the molecule is CCOC(=O)c1cc(NCc2cc(Cl)ccn2)n(C)n1. The molecule has 0 bridgehead atoms. The molecule has 0 atom stereocenters. The summed E-state index contributed by atoms with van der Waals surface area (Å²) in [5, 5.41) is 7.87. The van der Waals surface area contributed by atoms with E-state index < -0.39 is 5.97 Å². The van der Waals surface area contributed by atoms with Crippen LogP contribution in [0.4, 0.5) is 5.82 Å². The predicted octanol–water partition coefficient (Wildman–Crippen LogP) is 2.26. The molecule has 2 heterocycles. The maximum atomic E-state index is 11.6. The molecule has 1 N–H and O–H groups in total. The fraction of sp³-hybridized carbons (Fsp3) is 0.308. The molecule has 0 aliphatic heterocycles. The normalized spacial score (nSPS) is 10.3. The Kier molecular flexibility index (Phi) is 4.57. The molecule has 0 saturated carbocycles. The summed E-state index contributed by atoms with van der Waals surface area (Å²) in [4.78, 5) is 15.8. The Morgan fingerprint density at radius 1 is 1.50 bits per heavy atom. The Morgan fingerprint density at radius 3 is 3.00 bits per heavy atom. The van der Waals surface area contributed by atoms with E-state index in [0.717, 1.165) is 5.69 Å². The molecule has 0 aliphatic carbocycles. The van der Waals surface area contributed by atoms with Gasteiger partial charge in [0.2, 0.25) is 0 Å². The van der Waals surface area contributed by atoms with Gasteiger partial charge in [0, 0.05) is 24.3 Å². The number of hydrogen-bond donors (Lipinski definition) is 1. The number of aryl methyl sites for hydroxylation is 1. The lowest BCUT2D eigenvalue weighted by molar-refractivity contribution is 0.0518. The standard InChI is InChI=1S/C13H15ClN4O2/c1-3-20-13(19)11-7-12(18(2)17-11)16-8-10-6-9(14)4-5-15-10/h4-7,16H,3,8H2,1-2H3. The van der Waals surface area contributed by atoms with Crippen LogP contribution in [0.5, 0.6) is 0 Å². The van der Waals surface area contributed by atoms with E-state index in [4.69, 9.17) is 16.3 Å². The van der Waals surface area contributed by atoms with Crippen molar-refractivity contribution < 1.29 is 9.53 Å². The molecule has 20 heavy (non-hydrogen) atoms. The number of carbonyl (C=O) groups excluding carboxylic acids is 1. The summed E-state index contributed by atoms with van der Waals surface area (Å²) in [5.41, 5.74) is 1.08. The lowest BCUT2D eigenvalue weighted by Gasteiger charge is -2.05. The third-order valence-electron chi connectivity index (χ3n) is 2.59. The zero-order valence-electron chi connectivity index (χ0n) is 11.3. The fourth-order valence-electron chi connectivity index (χ4n) is 1.66. The van der Waals surface area contributed by atoms with Gasteiger partial charge in [-0.15, -0.1) is 0 Å². The van der Waals surface area contributed by atoms with Gasteiger partial charge < -0.3 is 10.1 Å². The summed E-state index contributed by atoms with van der Waals surface area (Å²) in [6.45, 7) is 2.57. The van der Waals surface area contributed by atoms with E-state index in [-0.39, 0.29) is 5.69 Å². The number of pyridine rings is 1. The van der Waals surface area contributed by atoms with Crippen LogP contribution in [0.25, 0.3) is 0 Å². The van der Waals surface area contributed by atoms with Gasteiger partial charge in [-0.05, 0) is 19.1 Å². The van der Waals surface area contributed by atoms with Crippen LogP contribution in [0.3, 0.4) is 0 Å². The van der Waals surface area contributed by atoms with Gasteiger partial charge in [-0.1, -0.05) is 11.6 Å². The average Bonchev–Trinajstić information content (AvgIpc) is 2.78. The van der Waals surface area contributed by atoms with Gasteiger partial charge in [-0.3, -0.25) is 9.67 Å². The average molecular weight is 295 g/mol. The minimum absolute atomic E-state index is 0.274. The van der Waals surface area contributed by atoms with Crippen LogP contribution in [-0.4, -0.2) is 27.3 Å². The zero-order valence-corrected chi connectivity index (χ0v) is 12.0. The number of rotatable bonds is 5. The van der Waals surface area contributed by atoms with Gasteiger partial charge in [0.15, 0.2) is 5.69 Å². The van der Waals surface area contributed by atoms with Crippen LogP contribution >= 0.6 is 11.6 Å². The Bertz CT molecular complexity index is 612. The molecular weight excluding hydrogens is 280 g/mol. The number of aromatic nitrogens is 3. The minimum Gasteiger partial charge on any atom is -0.461 e. The second-order valence-electron chi connectivity index (χ2n) is 4.08. The summed E-state index contributed by atoms with van der Waals surface area (Å²) in [6.07, 6.45) is 1.65. The first-order valence-electron chi connectivity index (χ1n) is 6.15. The van der Waals surface area contributed by atoms with Gasteiger partial charge in [0.1, 0.15) is 5.82 Å². The topological polar surface area (TPSA) is 69.0 Å². The fourth-order valence-corrected chi connectivity index (χ4v) is 1.85. The number of anilines is 1. The smallest absolute Gasteiger partial charge is 0.358 e. The molecule has 0 radical (unpaired) electrons. The molecule has 106 valence electrons. The van der Waals surface area contributed by atoms with Crippen molar-refractivity contribution in [3.8, 4) is 0 Å². The first-order chi connectivity index (χ1) is 9.60. The third-order valence-corrected chi connectivity index (χ3v) is 2.83. The van der Waals surface area contributed by atoms with Crippen LogP contribution in [0.1, 0.15) is 23.1 Å². The third kappa shape index (κ3) is 3.48. The molecular formula is C13H15ClN4O2. The van der Waals surface area contributed by atoms with Gasteiger partial charge in [0.05, 0.1) is 18.8 Å². The highest BCUT2D eigenvalue weighted by molar-refractivity contribution is 6.30. The Morgan fingerprint density at radius 2 is 2.30 bits per heavy atom. The lowest BCUT2D eigenvalue weighted by Crippen LogP contribution is -2.06. The quantitative estimate of drug-likeness (QED) is 0.857. The highest BCUT2D eigenvalue weighted by Gasteiger charge is 2.13. The van der Waals surface area contributed by atoms with Crippen LogP contribution in [0.15, 0.2) is 24.4 Å². The molecule has 2 aromatic rings. The monoisotopic (exact) mass is 294 g/mol. The van der Waals surface area contributed by atoms with E-state index >= 15 is 0 Å². The van der Waals surface area contributed by atoms with Crippen molar-refractivity contribution in [2.24, 2.45) is 7.05 Å². The second kappa shape index (κ2) is 6.38. The van der Waals surface area contributed by atoms with E-state index in [1.54, 1.807) is 43.0 Å². The number of hydrogen-bond acceptors (Lipinski definition) is 5. The molecule has 6 nitrogen and oxygen atoms in total. The van der Waals surface area contributed by atoms with Gasteiger partial charge in [0.25, 0.3) is 0 Å². The van der Waals surface area contributed by atoms with Crippen molar-refractivity contribution >= 4 is 23.4 Å². The molecule has 0 aliphatic rings. The Balaban J connectivity index is 2.05. The number of carbonyl (C=O) groups is 1. The molecule has 2 rings (SSSR count). The highest BCUT2D eigenvalue weighted by atomic mass is 35.5. The van der Waals surface area contributed by atoms with Crippen molar-refractivity contribution in [1.82, 2.24) is 14.8 Å².